The lowest BCUT2D eigenvalue weighted by molar-refractivity contribution is -0.137. The molecule has 34 heavy (non-hydrogen) atoms. The van der Waals surface area contributed by atoms with Crippen LogP contribution in [-0.2, 0) is 12.7 Å². The van der Waals surface area contributed by atoms with E-state index in [9.17, 15) is 18.0 Å². The van der Waals surface area contributed by atoms with Crippen molar-refractivity contribution in [3.05, 3.63) is 77.4 Å². The van der Waals surface area contributed by atoms with E-state index in [-0.39, 0.29) is 18.0 Å². The highest BCUT2D eigenvalue weighted by Gasteiger charge is 2.45. The van der Waals surface area contributed by atoms with Crippen molar-refractivity contribution in [2.75, 3.05) is 20.2 Å². The lowest BCUT2D eigenvalue weighted by Crippen LogP contribution is -2.48. The normalized spacial score (nSPS) is 20.2. The lowest BCUT2D eigenvalue weighted by Gasteiger charge is -2.34. The maximum absolute atomic E-state index is 13.3. The highest BCUT2D eigenvalue weighted by Crippen LogP contribution is 2.35. The van der Waals surface area contributed by atoms with Gasteiger partial charge in [0.1, 0.15) is 5.75 Å². The SMILES string of the molecule is COc1cc(C(=O)N2C[C@@H]3C[C@H]2CN3Cc2cccc(C(F)(F)F)c2)ccc1-n1cnc(C)c1. The zero-order chi connectivity index (χ0) is 24.0. The molecule has 6 nitrogen and oxygen atoms in total. The van der Waals surface area contributed by atoms with Gasteiger partial charge in [0, 0.05) is 43.5 Å². The number of ether oxygens (including phenoxy) is 1. The molecule has 0 saturated carbocycles. The number of imidazole rings is 1. The van der Waals surface area contributed by atoms with Gasteiger partial charge in [-0.1, -0.05) is 18.2 Å². The number of fused-ring (bicyclic) bond motifs is 2. The molecule has 2 saturated heterocycles. The fourth-order valence-corrected chi connectivity index (χ4v) is 5.02. The van der Waals surface area contributed by atoms with Gasteiger partial charge in [0.25, 0.3) is 5.91 Å². The van der Waals surface area contributed by atoms with E-state index >= 15 is 0 Å². The summed E-state index contributed by atoms with van der Waals surface area (Å²) in [5.41, 5.74) is 2.24. The Morgan fingerprint density at radius 1 is 1.15 bits per heavy atom. The van der Waals surface area contributed by atoms with E-state index in [1.54, 1.807) is 31.6 Å². The second-order valence-electron chi connectivity index (χ2n) is 8.94. The maximum atomic E-state index is 13.3. The molecule has 2 atom stereocenters. The third-order valence-electron chi connectivity index (χ3n) is 6.67. The minimum atomic E-state index is -4.35. The van der Waals surface area contributed by atoms with Gasteiger partial charge >= 0.3 is 6.18 Å². The molecule has 1 aromatic heterocycles. The standard InChI is InChI=1S/C25H25F3N4O2/c1-16-11-31(15-29-16)22-7-6-18(9-23(22)34-2)24(33)32-14-20-10-21(32)13-30(20)12-17-4-3-5-19(8-17)25(26,27)28/h3-9,11,15,20-21H,10,12-14H2,1-2H3/t20-,21-/m0/s1. The van der Waals surface area contributed by atoms with Crippen LogP contribution >= 0.6 is 0 Å². The second kappa shape index (κ2) is 8.47. The predicted octanol–water partition coefficient (Wildman–Crippen LogP) is 4.31. The number of likely N-dealkylation sites (tertiary alicyclic amines) is 2. The summed E-state index contributed by atoms with van der Waals surface area (Å²) in [7, 11) is 1.57. The number of halogens is 3. The summed E-state index contributed by atoms with van der Waals surface area (Å²) in [5, 5.41) is 0. The van der Waals surface area contributed by atoms with E-state index in [1.807, 2.05) is 28.7 Å². The smallest absolute Gasteiger partial charge is 0.416 e. The minimum absolute atomic E-state index is 0.0465. The quantitative estimate of drug-likeness (QED) is 0.558. The fraction of sp³-hybridized carbons (Fsp3) is 0.360. The Morgan fingerprint density at radius 2 is 1.97 bits per heavy atom. The maximum Gasteiger partial charge on any atom is 0.416 e. The molecule has 2 aliphatic heterocycles. The van der Waals surface area contributed by atoms with Crippen LogP contribution in [-0.4, -0.2) is 57.5 Å². The summed E-state index contributed by atoms with van der Waals surface area (Å²) < 4.78 is 46.5. The topological polar surface area (TPSA) is 50.6 Å². The van der Waals surface area contributed by atoms with E-state index in [0.717, 1.165) is 23.9 Å². The van der Waals surface area contributed by atoms with Crippen LogP contribution in [0.4, 0.5) is 13.2 Å². The Balaban J connectivity index is 1.28. The van der Waals surface area contributed by atoms with Gasteiger partial charge in [-0.05, 0) is 43.2 Å². The van der Waals surface area contributed by atoms with E-state index in [1.165, 1.54) is 12.1 Å². The van der Waals surface area contributed by atoms with Gasteiger partial charge in [-0.3, -0.25) is 9.69 Å². The van der Waals surface area contributed by atoms with Gasteiger partial charge in [0.2, 0.25) is 0 Å². The molecule has 1 amide bonds. The number of rotatable bonds is 5. The van der Waals surface area contributed by atoms with Crippen molar-refractivity contribution < 1.29 is 22.7 Å². The first-order valence-corrected chi connectivity index (χ1v) is 11.1. The fourth-order valence-electron chi connectivity index (χ4n) is 5.02. The van der Waals surface area contributed by atoms with Crippen LogP contribution in [0.2, 0.25) is 0 Å². The van der Waals surface area contributed by atoms with Gasteiger partial charge in [-0.15, -0.1) is 0 Å². The molecule has 2 fully saturated rings. The molecule has 9 heteroatoms. The van der Waals surface area contributed by atoms with Crippen molar-refractivity contribution >= 4 is 5.91 Å². The van der Waals surface area contributed by atoms with Crippen LogP contribution in [0.25, 0.3) is 5.69 Å². The van der Waals surface area contributed by atoms with Gasteiger partial charge in [-0.25, -0.2) is 4.98 Å². The van der Waals surface area contributed by atoms with Gasteiger partial charge in [-0.2, -0.15) is 13.2 Å². The molecule has 2 aromatic carbocycles. The number of amides is 1. The van der Waals surface area contributed by atoms with E-state index in [4.69, 9.17) is 4.74 Å². The number of carbonyl (C=O) groups excluding carboxylic acids is 1. The Labute approximate surface area is 195 Å². The number of aromatic nitrogens is 2. The Hall–Kier alpha value is -3.33. The molecule has 0 unspecified atom stereocenters. The summed E-state index contributed by atoms with van der Waals surface area (Å²) in [6, 6.07) is 11.1. The van der Waals surface area contributed by atoms with E-state index < -0.39 is 11.7 Å². The molecule has 5 rings (SSSR count). The zero-order valence-corrected chi connectivity index (χ0v) is 18.9. The number of nitrogens with zero attached hydrogens (tertiary/aromatic N) is 4. The Bertz CT molecular complexity index is 1220. The van der Waals surface area contributed by atoms with Gasteiger partial charge in [0.05, 0.1) is 30.4 Å². The van der Waals surface area contributed by atoms with Crippen molar-refractivity contribution in [2.45, 2.75) is 38.1 Å². The average Bonchev–Trinajstić information content (AvgIpc) is 3.53. The third-order valence-corrected chi connectivity index (χ3v) is 6.67. The zero-order valence-electron chi connectivity index (χ0n) is 18.9. The molecular weight excluding hydrogens is 445 g/mol. The number of benzene rings is 2. The number of alkyl halides is 3. The number of carbonyl (C=O) groups is 1. The molecule has 3 heterocycles. The second-order valence-corrected chi connectivity index (χ2v) is 8.94. The third kappa shape index (κ3) is 4.16. The highest BCUT2D eigenvalue weighted by atomic mass is 19.4. The molecular formula is C25H25F3N4O2. The first kappa shape index (κ1) is 22.5. The molecule has 0 spiro atoms. The Morgan fingerprint density at radius 3 is 2.62 bits per heavy atom. The lowest BCUT2D eigenvalue weighted by atomic mass is 10.1. The molecule has 0 aliphatic carbocycles. The average molecular weight is 470 g/mol. The summed E-state index contributed by atoms with van der Waals surface area (Å²) >= 11 is 0. The van der Waals surface area contributed by atoms with Crippen molar-refractivity contribution in [2.24, 2.45) is 0 Å². The van der Waals surface area contributed by atoms with Crippen LogP contribution in [0.1, 0.15) is 33.6 Å². The number of hydrogen-bond donors (Lipinski definition) is 0. The molecule has 2 aliphatic rings. The number of piperazine rings is 1. The van der Waals surface area contributed by atoms with Crippen molar-refractivity contribution in [1.29, 1.82) is 0 Å². The number of methoxy groups -OCH3 is 1. The molecule has 0 radical (unpaired) electrons. The van der Waals surface area contributed by atoms with Crippen LogP contribution < -0.4 is 4.74 Å². The van der Waals surface area contributed by atoms with Gasteiger partial charge in [0.15, 0.2) is 0 Å². The van der Waals surface area contributed by atoms with E-state index in [0.29, 0.717) is 36.5 Å². The predicted molar refractivity (Wildman–Crippen MR) is 120 cm³/mol. The largest absolute Gasteiger partial charge is 0.495 e. The summed E-state index contributed by atoms with van der Waals surface area (Å²) in [6.45, 7) is 3.56. The first-order chi connectivity index (χ1) is 16.2. The minimum Gasteiger partial charge on any atom is -0.495 e. The van der Waals surface area contributed by atoms with Crippen LogP contribution in [0, 0.1) is 6.92 Å². The molecule has 178 valence electrons. The summed E-state index contributed by atoms with van der Waals surface area (Å²) in [6.07, 6.45) is 0.0651. The molecule has 0 N–H and O–H groups in total. The summed E-state index contributed by atoms with van der Waals surface area (Å²) in [5.74, 6) is 0.525. The highest BCUT2D eigenvalue weighted by molar-refractivity contribution is 5.95. The Kier molecular flexibility index (Phi) is 5.59. The number of aryl methyl sites for hydroxylation is 1. The van der Waals surface area contributed by atoms with Crippen LogP contribution in [0.3, 0.4) is 0 Å². The molecule has 2 bridgehead atoms. The van der Waals surface area contributed by atoms with Crippen LogP contribution in [0.5, 0.6) is 5.75 Å². The van der Waals surface area contributed by atoms with Crippen molar-refractivity contribution in [1.82, 2.24) is 19.4 Å². The monoisotopic (exact) mass is 470 g/mol. The summed E-state index contributed by atoms with van der Waals surface area (Å²) in [4.78, 5) is 21.6. The number of hydrogen-bond acceptors (Lipinski definition) is 4. The van der Waals surface area contributed by atoms with Crippen molar-refractivity contribution in [3.8, 4) is 11.4 Å². The van der Waals surface area contributed by atoms with Gasteiger partial charge < -0.3 is 14.2 Å². The first-order valence-electron chi connectivity index (χ1n) is 11.1. The molecule has 3 aromatic rings. The van der Waals surface area contributed by atoms with Crippen LogP contribution in [0.15, 0.2) is 55.0 Å². The van der Waals surface area contributed by atoms with Crippen molar-refractivity contribution in [3.63, 3.8) is 0 Å². The van der Waals surface area contributed by atoms with E-state index in [2.05, 4.69) is 9.88 Å².